The molecule has 0 aromatic heterocycles. The number of carboxylic acids is 2. The largest absolute Gasteiger partial charge is 0.481 e. The van der Waals surface area contributed by atoms with Gasteiger partial charge in [-0.05, 0) is 44.7 Å². The third-order valence-corrected chi connectivity index (χ3v) is 6.99. The summed E-state index contributed by atoms with van der Waals surface area (Å²) in [4.78, 5) is 62.7. The molecule has 4 rings (SSSR count). The summed E-state index contributed by atoms with van der Waals surface area (Å²) in [6.07, 6.45) is -0.421. The molecular weight excluding hydrogens is 586 g/mol. The zero-order chi connectivity index (χ0) is 33.0. The van der Waals surface area contributed by atoms with Gasteiger partial charge in [0.25, 0.3) is 0 Å². The zero-order valence-electron chi connectivity index (χ0n) is 25.8. The molecule has 2 aliphatic rings. The Morgan fingerprint density at radius 3 is 1.69 bits per heavy atom. The minimum Gasteiger partial charge on any atom is -0.481 e. The van der Waals surface area contributed by atoms with E-state index in [0.717, 1.165) is 16.0 Å². The van der Waals surface area contributed by atoms with Gasteiger partial charge in [-0.1, -0.05) is 60.7 Å². The van der Waals surface area contributed by atoms with Crippen LogP contribution in [0.1, 0.15) is 44.7 Å². The number of aliphatic carboxylic acids is 2. The standard InChI is InChI=1S/C18H24N2O6.C14H17NO4/c1-18(2,3)26-17(24)20-10-9-19(11-14(20)15(21)22)16(23)25-12-13-7-5-4-6-8-13;16-13(17)12-7-4-8-15(9-12)14(18)19-10-11-5-2-1-3-6-11/h4-8,14H,9-12H2,1-3H3,(H,21,22);1-3,5-6,12H,4,7-10H2,(H,16,17). The number of rotatable bonds is 6. The van der Waals surface area contributed by atoms with E-state index in [9.17, 15) is 29.1 Å². The fraction of sp³-hybridized carbons (Fsp3) is 0.469. The normalized spacial score (nSPS) is 18.2. The first-order valence-electron chi connectivity index (χ1n) is 14.7. The summed E-state index contributed by atoms with van der Waals surface area (Å²) in [6, 6.07) is 17.4. The van der Waals surface area contributed by atoms with Gasteiger partial charge in [-0.2, -0.15) is 0 Å². The van der Waals surface area contributed by atoms with Crippen LogP contribution >= 0.6 is 0 Å². The fourth-order valence-corrected chi connectivity index (χ4v) is 4.66. The van der Waals surface area contributed by atoms with Gasteiger partial charge in [0.1, 0.15) is 18.8 Å². The monoisotopic (exact) mass is 627 g/mol. The van der Waals surface area contributed by atoms with Gasteiger partial charge in [0, 0.05) is 26.2 Å². The number of carboxylic acid groups (broad SMARTS) is 2. The van der Waals surface area contributed by atoms with E-state index in [1.807, 2.05) is 60.7 Å². The predicted molar refractivity (Wildman–Crippen MR) is 161 cm³/mol. The van der Waals surface area contributed by atoms with Crippen molar-refractivity contribution < 1.29 is 48.4 Å². The first-order chi connectivity index (χ1) is 21.3. The van der Waals surface area contributed by atoms with Crippen LogP contribution in [0.3, 0.4) is 0 Å². The number of piperidine rings is 1. The van der Waals surface area contributed by atoms with Crippen LogP contribution in [-0.2, 0) is 37.0 Å². The SMILES string of the molecule is CC(C)(C)OC(=O)N1CCN(C(=O)OCc2ccccc2)CC1C(=O)O.O=C(O)C1CCCN(C(=O)OCc2ccccc2)C1. The van der Waals surface area contributed by atoms with Crippen molar-refractivity contribution in [2.45, 2.75) is 58.5 Å². The van der Waals surface area contributed by atoms with Crippen LogP contribution < -0.4 is 0 Å². The topological polar surface area (TPSA) is 163 Å². The number of ether oxygens (including phenoxy) is 3. The van der Waals surface area contributed by atoms with Gasteiger partial charge in [0.05, 0.1) is 12.5 Å². The number of hydrogen-bond acceptors (Lipinski definition) is 8. The van der Waals surface area contributed by atoms with Crippen LogP contribution in [0.15, 0.2) is 60.7 Å². The maximum atomic E-state index is 12.2. The van der Waals surface area contributed by atoms with Crippen LogP contribution in [0.5, 0.6) is 0 Å². The smallest absolute Gasteiger partial charge is 0.411 e. The average molecular weight is 628 g/mol. The number of likely N-dealkylation sites (tertiary alicyclic amines) is 1. The molecule has 0 saturated carbocycles. The Balaban J connectivity index is 0.000000257. The van der Waals surface area contributed by atoms with Gasteiger partial charge < -0.3 is 34.2 Å². The number of carbonyl (C=O) groups is 5. The highest BCUT2D eigenvalue weighted by Gasteiger charge is 2.39. The molecule has 0 spiro atoms. The van der Waals surface area contributed by atoms with Crippen LogP contribution in [0.2, 0.25) is 0 Å². The third-order valence-electron chi connectivity index (χ3n) is 6.99. The number of benzene rings is 2. The van der Waals surface area contributed by atoms with Gasteiger partial charge in [0.2, 0.25) is 0 Å². The molecule has 2 atom stereocenters. The summed E-state index contributed by atoms with van der Waals surface area (Å²) in [5, 5.41) is 18.4. The van der Waals surface area contributed by atoms with Crippen molar-refractivity contribution in [1.29, 1.82) is 0 Å². The minimum absolute atomic E-state index is 0.0618. The summed E-state index contributed by atoms with van der Waals surface area (Å²) in [5.74, 6) is -2.52. The maximum Gasteiger partial charge on any atom is 0.411 e. The lowest BCUT2D eigenvalue weighted by atomic mass is 9.99. The van der Waals surface area contributed by atoms with Crippen molar-refractivity contribution in [3.05, 3.63) is 71.8 Å². The number of piperazine rings is 1. The summed E-state index contributed by atoms with van der Waals surface area (Å²) in [6.45, 7) is 6.33. The molecule has 2 aromatic rings. The number of nitrogens with zero attached hydrogens (tertiary/aromatic N) is 3. The van der Waals surface area contributed by atoms with Gasteiger partial charge in [-0.15, -0.1) is 0 Å². The molecule has 2 unspecified atom stereocenters. The van der Waals surface area contributed by atoms with E-state index < -0.39 is 47.8 Å². The summed E-state index contributed by atoms with van der Waals surface area (Å²) in [5.41, 5.74) is 1.02. The Kier molecular flexibility index (Phi) is 12.6. The molecule has 0 radical (unpaired) electrons. The number of hydrogen-bond donors (Lipinski definition) is 2. The van der Waals surface area contributed by atoms with E-state index in [1.165, 1.54) is 9.80 Å². The minimum atomic E-state index is -1.20. The quantitative estimate of drug-likeness (QED) is 0.438. The molecular formula is C32H41N3O10. The van der Waals surface area contributed by atoms with Gasteiger partial charge in [-0.3, -0.25) is 9.69 Å². The highest BCUT2D eigenvalue weighted by atomic mass is 16.6. The molecule has 2 fully saturated rings. The van der Waals surface area contributed by atoms with Crippen molar-refractivity contribution in [3.63, 3.8) is 0 Å². The van der Waals surface area contributed by atoms with Crippen molar-refractivity contribution in [1.82, 2.24) is 14.7 Å². The molecule has 13 heteroatoms. The lowest BCUT2D eigenvalue weighted by Crippen LogP contribution is -2.60. The van der Waals surface area contributed by atoms with Crippen molar-refractivity contribution in [3.8, 4) is 0 Å². The highest BCUT2D eigenvalue weighted by molar-refractivity contribution is 5.82. The number of amides is 3. The van der Waals surface area contributed by atoms with Crippen LogP contribution in [0.25, 0.3) is 0 Å². The number of carbonyl (C=O) groups excluding carboxylic acids is 3. The molecule has 2 aromatic carbocycles. The zero-order valence-corrected chi connectivity index (χ0v) is 25.8. The Hall–Kier alpha value is -4.81. The lowest BCUT2D eigenvalue weighted by molar-refractivity contribution is -0.145. The molecule has 2 aliphatic heterocycles. The van der Waals surface area contributed by atoms with E-state index in [4.69, 9.17) is 19.3 Å². The molecule has 2 saturated heterocycles. The van der Waals surface area contributed by atoms with E-state index in [1.54, 1.807) is 20.8 Å². The predicted octanol–water partition coefficient (Wildman–Crippen LogP) is 4.45. The van der Waals surface area contributed by atoms with Gasteiger partial charge in [0.15, 0.2) is 6.04 Å². The van der Waals surface area contributed by atoms with E-state index in [-0.39, 0.29) is 39.4 Å². The molecule has 13 nitrogen and oxygen atoms in total. The van der Waals surface area contributed by atoms with Gasteiger partial charge in [-0.25, -0.2) is 19.2 Å². The molecule has 0 bridgehead atoms. The van der Waals surface area contributed by atoms with Crippen LogP contribution in [-0.4, -0.2) is 99.5 Å². The van der Waals surface area contributed by atoms with E-state index >= 15 is 0 Å². The second-order valence-electron chi connectivity index (χ2n) is 11.7. The van der Waals surface area contributed by atoms with Crippen molar-refractivity contribution in [2.75, 3.05) is 32.7 Å². The first kappa shape index (κ1) is 34.7. The second-order valence-corrected chi connectivity index (χ2v) is 11.7. The van der Waals surface area contributed by atoms with Crippen LogP contribution in [0, 0.1) is 5.92 Å². The fourth-order valence-electron chi connectivity index (χ4n) is 4.66. The summed E-state index contributed by atoms with van der Waals surface area (Å²) in [7, 11) is 0. The second kappa shape index (κ2) is 16.3. The maximum absolute atomic E-state index is 12.2. The summed E-state index contributed by atoms with van der Waals surface area (Å²) >= 11 is 0. The van der Waals surface area contributed by atoms with E-state index in [0.29, 0.717) is 19.4 Å². The molecule has 3 amide bonds. The summed E-state index contributed by atoms with van der Waals surface area (Å²) < 4.78 is 15.7. The van der Waals surface area contributed by atoms with Crippen molar-refractivity contribution >= 4 is 30.2 Å². The molecule has 45 heavy (non-hydrogen) atoms. The first-order valence-corrected chi connectivity index (χ1v) is 14.7. The Bertz CT molecular complexity index is 1300. The molecule has 0 aliphatic carbocycles. The molecule has 2 N–H and O–H groups in total. The Labute approximate surface area is 262 Å². The Morgan fingerprint density at radius 1 is 0.711 bits per heavy atom. The van der Waals surface area contributed by atoms with Gasteiger partial charge >= 0.3 is 30.2 Å². The lowest BCUT2D eigenvalue weighted by Gasteiger charge is -2.39. The van der Waals surface area contributed by atoms with Crippen molar-refractivity contribution in [2.24, 2.45) is 5.92 Å². The Morgan fingerprint density at radius 2 is 1.22 bits per heavy atom. The van der Waals surface area contributed by atoms with E-state index in [2.05, 4.69) is 0 Å². The van der Waals surface area contributed by atoms with Crippen LogP contribution in [0.4, 0.5) is 14.4 Å². The highest BCUT2D eigenvalue weighted by Crippen LogP contribution is 2.19. The molecule has 244 valence electrons. The molecule has 2 heterocycles. The average Bonchev–Trinajstić information content (AvgIpc) is 3.02. The third kappa shape index (κ3) is 11.3.